The molecule has 0 radical (unpaired) electrons. The Morgan fingerprint density at radius 1 is 1.53 bits per heavy atom. The number of nitrogens with zero attached hydrogens (tertiary/aromatic N) is 2. The van der Waals surface area contributed by atoms with Gasteiger partial charge in [0.15, 0.2) is 0 Å². The monoisotopic (exact) mass is 346 g/mol. The lowest BCUT2D eigenvalue weighted by Crippen LogP contribution is -2.36. The fourth-order valence-electron chi connectivity index (χ4n) is 2.10. The molecular weight excluding hydrogens is 328 g/mol. The molecule has 1 fully saturated rings. The van der Waals surface area contributed by atoms with Gasteiger partial charge in [-0.3, -0.25) is 4.90 Å². The van der Waals surface area contributed by atoms with Crippen LogP contribution in [0.15, 0.2) is 3.79 Å². The Morgan fingerprint density at radius 2 is 2.21 bits per heavy atom. The zero-order chi connectivity index (χ0) is 14.2. The Morgan fingerprint density at radius 3 is 2.74 bits per heavy atom. The summed E-state index contributed by atoms with van der Waals surface area (Å²) < 4.78 is 6.50. The topological polar surface area (TPSA) is 42.4 Å². The van der Waals surface area contributed by atoms with Crippen LogP contribution in [0.1, 0.15) is 50.4 Å². The van der Waals surface area contributed by atoms with E-state index in [9.17, 15) is 4.79 Å². The molecule has 2 rings (SSSR count). The second-order valence-corrected chi connectivity index (χ2v) is 8.09. The van der Waals surface area contributed by atoms with E-state index >= 15 is 0 Å². The van der Waals surface area contributed by atoms with Gasteiger partial charge in [0.25, 0.3) is 0 Å². The highest BCUT2D eigenvalue weighted by atomic mass is 79.9. The molecule has 1 saturated heterocycles. The largest absolute Gasteiger partial charge is 0.444 e. The van der Waals surface area contributed by atoms with Crippen LogP contribution in [-0.4, -0.2) is 28.1 Å². The van der Waals surface area contributed by atoms with Gasteiger partial charge in [-0.15, -0.1) is 11.3 Å². The summed E-state index contributed by atoms with van der Waals surface area (Å²) in [6, 6.07) is 0.0600. The zero-order valence-electron chi connectivity index (χ0n) is 11.7. The van der Waals surface area contributed by atoms with Crippen molar-refractivity contribution in [2.24, 2.45) is 0 Å². The van der Waals surface area contributed by atoms with Crippen molar-refractivity contribution in [3.63, 3.8) is 0 Å². The summed E-state index contributed by atoms with van der Waals surface area (Å²) in [5, 5.41) is 0.993. The third kappa shape index (κ3) is 3.48. The average Bonchev–Trinajstić information content (AvgIpc) is 2.83. The number of rotatable bonds is 1. The molecular formula is C13H19BrN2O2S. The number of thiazole rings is 1. The molecule has 4 nitrogen and oxygen atoms in total. The van der Waals surface area contributed by atoms with Gasteiger partial charge < -0.3 is 4.74 Å². The van der Waals surface area contributed by atoms with Gasteiger partial charge in [-0.1, -0.05) is 0 Å². The van der Waals surface area contributed by atoms with Crippen molar-refractivity contribution < 1.29 is 9.53 Å². The first-order chi connectivity index (χ1) is 8.78. The van der Waals surface area contributed by atoms with Crippen LogP contribution in [0.2, 0.25) is 0 Å². The molecule has 106 valence electrons. The summed E-state index contributed by atoms with van der Waals surface area (Å²) in [6.07, 6.45) is 1.72. The number of aromatic nitrogens is 1. The lowest BCUT2D eigenvalue weighted by Gasteiger charge is -2.27. The molecule has 2 heterocycles. The average molecular weight is 347 g/mol. The summed E-state index contributed by atoms with van der Waals surface area (Å²) in [5.74, 6) is 0. The summed E-state index contributed by atoms with van der Waals surface area (Å²) in [4.78, 5) is 18.6. The number of likely N-dealkylation sites (tertiary alicyclic amines) is 1. The molecule has 1 aliphatic heterocycles. The first kappa shape index (κ1) is 14.8. The quantitative estimate of drug-likeness (QED) is 0.761. The van der Waals surface area contributed by atoms with E-state index in [4.69, 9.17) is 4.74 Å². The summed E-state index contributed by atoms with van der Waals surface area (Å²) in [7, 11) is 0. The number of hydrogen-bond acceptors (Lipinski definition) is 4. The van der Waals surface area contributed by atoms with Crippen molar-refractivity contribution in [1.29, 1.82) is 0 Å². The van der Waals surface area contributed by atoms with Crippen molar-refractivity contribution in [3.05, 3.63) is 14.5 Å². The maximum atomic E-state index is 12.2. The SMILES string of the molecule is Cc1nc([C@@H]2CCCN2C(=O)OC(C)(C)C)sc1Br. The molecule has 1 aromatic heterocycles. The fraction of sp³-hybridized carbons (Fsp3) is 0.692. The fourth-order valence-corrected chi connectivity index (χ4v) is 3.63. The molecule has 19 heavy (non-hydrogen) atoms. The molecule has 1 aliphatic rings. The van der Waals surface area contributed by atoms with Gasteiger partial charge in [-0.05, 0) is 56.5 Å². The van der Waals surface area contributed by atoms with Gasteiger partial charge in [0.1, 0.15) is 10.6 Å². The van der Waals surface area contributed by atoms with Crippen LogP contribution >= 0.6 is 27.3 Å². The van der Waals surface area contributed by atoms with E-state index in [0.29, 0.717) is 0 Å². The Balaban J connectivity index is 2.15. The lowest BCUT2D eigenvalue weighted by atomic mass is 10.2. The summed E-state index contributed by atoms with van der Waals surface area (Å²) in [6.45, 7) is 8.38. The minimum atomic E-state index is -0.455. The van der Waals surface area contributed by atoms with Gasteiger partial charge >= 0.3 is 6.09 Å². The molecule has 1 atom stereocenters. The van der Waals surface area contributed by atoms with E-state index in [2.05, 4.69) is 20.9 Å². The van der Waals surface area contributed by atoms with Crippen molar-refractivity contribution in [3.8, 4) is 0 Å². The molecule has 6 heteroatoms. The Labute approximate surface area is 126 Å². The number of halogens is 1. The van der Waals surface area contributed by atoms with Crippen molar-refractivity contribution in [1.82, 2.24) is 9.88 Å². The van der Waals surface area contributed by atoms with Gasteiger partial charge in [0.05, 0.1) is 15.5 Å². The van der Waals surface area contributed by atoms with Gasteiger partial charge in [0.2, 0.25) is 0 Å². The number of carbonyl (C=O) groups excluding carboxylic acids is 1. The second kappa shape index (κ2) is 5.40. The second-order valence-electron chi connectivity index (χ2n) is 5.74. The third-order valence-electron chi connectivity index (χ3n) is 2.92. The van der Waals surface area contributed by atoms with Crippen LogP contribution in [0.4, 0.5) is 4.79 Å². The predicted molar refractivity (Wildman–Crippen MR) is 79.5 cm³/mol. The first-order valence-corrected chi connectivity index (χ1v) is 8.01. The minimum absolute atomic E-state index is 0.0600. The maximum absolute atomic E-state index is 12.2. The number of carbonyl (C=O) groups is 1. The van der Waals surface area contributed by atoms with Crippen molar-refractivity contribution in [2.75, 3.05) is 6.54 Å². The molecule has 0 spiro atoms. The number of amides is 1. The Kier molecular flexibility index (Phi) is 4.20. The molecule has 0 aromatic carbocycles. The van der Waals surface area contributed by atoms with Crippen molar-refractivity contribution in [2.45, 2.75) is 52.2 Å². The minimum Gasteiger partial charge on any atom is -0.444 e. The maximum Gasteiger partial charge on any atom is 0.410 e. The number of hydrogen-bond donors (Lipinski definition) is 0. The highest BCUT2D eigenvalue weighted by Crippen LogP contribution is 2.37. The van der Waals surface area contributed by atoms with E-state index in [1.54, 1.807) is 16.2 Å². The Hall–Kier alpha value is -0.620. The van der Waals surface area contributed by atoms with Crippen LogP contribution < -0.4 is 0 Å². The van der Waals surface area contributed by atoms with Gasteiger partial charge in [0, 0.05) is 6.54 Å². The number of aryl methyl sites for hydroxylation is 1. The molecule has 1 aromatic rings. The predicted octanol–water partition coefficient (Wildman–Crippen LogP) is 4.29. The first-order valence-electron chi connectivity index (χ1n) is 6.40. The van der Waals surface area contributed by atoms with Gasteiger partial charge in [-0.25, -0.2) is 9.78 Å². The lowest BCUT2D eigenvalue weighted by molar-refractivity contribution is 0.0224. The van der Waals surface area contributed by atoms with Crippen LogP contribution in [-0.2, 0) is 4.74 Å². The number of ether oxygens (including phenoxy) is 1. The molecule has 1 amide bonds. The Bertz CT molecular complexity index is 462. The van der Waals surface area contributed by atoms with E-state index in [1.807, 2.05) is 27.7 Å². The van der Waals surface area contributed by atoms with E-state index < -0.39 is 5.60 Å². The van der Waals surface area contributed by atoms with Crippen LogP contribution in [0.25, 0.3) is 0 Å². The zero-order valence-corrected chi connectivity index (χ0v) is 14.1. The van der Waals surface area contributed by atoms with E-state index in [1.165, 1.54) is 0 Å². The standard InChI is InChI=1S/C13H19BrN2O2S/c1-8-10(14)19-11(15-8)9-6-5-7-16(9)12(17)18-13(2,3)4/h9H,5-7H2,1-4H3/t9-/m0/s1. The van der Waals surface area contributed by atoms with Crippen LogP contribution in [0.3, 0.4) is 0 Å². The van der Waals surface area contributed by atoms with Gasteiger partial charge in [-0.2, -0.15) is 0 Å². The molecule has 0 N–H and O–H groups in total. The molecule has 0 bridgehead atoms. The van der Waals surface area contributed by atoms with E-state index in [-0.39, 0.29) is 12.1 Å². The summed E-state index contributed by atoms with van der Waals surface area (Å²) >= 11 is 5.10. The molecule has 0 unspecified atom stereocenters. The van der Waals surface area contributed by atoms with Crippen LogP contribution in [0, 0.1) is 6.92 Å². The van der Waals surface area contributed by atoms with Crippen molar-refractivity contribution >= 4 is 33.4 Å². The molecule has 0 aliphatic carbocycles. The highest BCUT2D eigenvalue weighted by Gasteiger charge is 2.35. The smallest absolute Gasteiger partial charge is 0.410 e. The third-order valence-corrected chi connectivity index (χ3v) is 5.03. The normalized spacial score (nSPS) is 19.8. The van der Waals surface area contributed by atoms with Crippen LogP contribution in [0.5, 0.6) is 0 Å². The molecule has 0 saturated carbocycles. The highest BCUT2D eigenvalue weighted by molar-refractivity contribution is 9.11. The van der Waals surface area contributed by atoms with E-state index in [0.717, 1.165) is 33.9 Å². The summed E-state index contributed by atoms with van der Waals surface area (Å²) in [5.41, 5.74) is 0.528.